The Balaban J connectivity index is 1.87. The molecular weight excluding hydrogens is 506 g/mol. The van der Waals surface area contributed by atoms with E-state index in [-0.39, 0.29) is 6.54 Å². The van der Waals surface area contributed by atoms with E-state index in [4.69, 9.17) is 0 Å². The second kappa shape index (κ2) is 10.9. The van der Waals surface area contributed by atoms with Crippen LogP contribution in [-0.4, -0.2) is 68.3 Å². The van der Waals surface area contributed by atoms with Crippen molar-refractivity contribution in [2.45, 2.75) is 38.5 Å². The first kappa shape index (κ1) is 27.2. The Morgan fingerprint density at radius 3 is 2.39 bits per heavy atom. The third-order valence-electron chi connectivity index (χ3n) is 6.70. The zero-order chi connectivity index (χ0) is 27.6. The van der Waals surface area contributed by atoms with Crippen LogP contribution in [0.1, 0.15) is 19.4 Å². The molecule has 1 aliphatic heterocycles. The monoisotopic (exact) mass is 537 g/mol. The van der Waals surface area contributed by atoms with Gasteiger partial charge < -0.3 is 20.4 Å². The van der Waals surface area contributed by atoms with E-state index in [1.54, 1.807) is 51.4 Å². The van der Waals surface area contributed by atoms with E-state index in [1.807, 2.05) is 30.3 Å². The number of likely N-dealkylation sites (N-methyl/N-ethyl adjacent to an activating group) is 1. The minimum absolute atomic E-state index is 0.146. The van der Waals surface area contributed by atoms with Gasteiger partial charge >= 0.3 is 0 Å². The van der Waals surface area contributed by atoms with E-state index in [2.05, 4.69) is 15.6 Å². The number of para-hydroxylation sites is 3. The van der Waals surface area contributed by atoms with Crippen molar-refractivity contribution in [3.05, 3.63) is 66.4 Å². The molecule has 4 rings (SSSR count). The fraction of sp³-hybridized carbons (Fsp3) is 0.333. The lowest BCUT2D eigenvalue weighted by atomic mass is 10.1. The molecule has 0 saturated carbocycles. The first-order valence-corrected chi connectivity index (χ1v) is 14.3. The second-order valence-electron chi connectivity index (χ2n) is 9.47. The molecule has 1 aromatic heterocycles. The minimum atomic E-state index is -3.66. The van der Waals surface area contributed by atoms with Crippen LogP contribution in [0.2, 0.25) is 0 Å². The number of nitrogens with zero attached hydrogens (tertiary/aromatic N) is 3. The predicted octanol–water partition coefficient (Wildman–Crippen LogP) is 1.64. The maximum absolute atomic E-state index is 14.2. The molecule has 0 fully saturated rings. The highest BCUT2D eigenvalue weighted by Crippen LogP contribution is 2.37. The summed E-state index contributed by atoms with van der Waals surface area (Å²) in [5.41, 5.74) is 2.42. The summed E-state index contributed by atoms with van der Waals surface area (Å²) in [6, 6.07) is 13.7. The zero-order valence-corrected chi connectivity index (χ0v) is 22.5. The first-order valence-electron chi connectivity index (χ1n) is 12.2. The molecule has 3 aromatic rings. The highest BCUT2D eigenvalue weighted by atomic mass is 32.2. The summed E-state index contributed by atoms with van der Waals surface area (Å²) in [5, 5.41) is 6.51. The van der Waals surface area contributed by atoms with Gasteiger partial charge in [-0.05, 0) is 50.7 Å². The number of hydrogen-bond donors (Lipinski definition) is 2. The van der Waals surface area contributed by atoms with E-state index in [0.717, 1.165) is 22.7 Å². The number of fused-ring (bicyclic) bond motifs is 2. The Hall–Kier alpha value is -3.83. The SMILES string of the molecule is CNC(C)C(=O)N[C@@H]1C(=O)N(Cc2ccnc3ccccc23)c2ccccc2N(C(=O)CS(C)(=O)=O)[C@H]1C. The van der Waals surface area contributed by atoms with E-state index in [1.165, 1.54) is 9.80 Å². The summed E-state index contributed by atoms with van der Waals surface area (Å²) in [4.78, 5) is 47.7. The number of hydrogen-bond acceptors (Lipinski definition) is 7. The fourth-order valence-corrected chi connectivity index (χ4v) is 5.22. The van der Waals surface area contributed by atoms with Crippen LogP contribution in [0.25, 0.3) is 10.9 Å². The van der Waals surface area contributed by atoms with Crippen molar-refractivity contribution in [2.75, 3.05) is 28.9 Å². The average Bonchev–Trinajstić information content (AvgIpc) is 2.96. The number of benzene rings is 2. The molecule has 0 aliphatic carbocycles. The van der Waals surface area contributed by atoms with Gasteiger partial charge in [-0.3, -0.25) is 19.4 Å². The van der Waals surface area contributed by atoms with Gasteiger partial charge in [0.1, 0.15) is 11.8 Å². The summed E-state index contributed by atoms with van der Waals surface area (Å²) in [6.45, 7) is 3.44. The van der Waals surface area contributed by atoms with Crippen molar-refractivity contribution >= 4 is 49.8 Å². The highest BCUT2D eigenvalue weighted by molar-refractivity contribution is 7.91. The summed E-state index contributed by atoms with van der Waals surface area (Å²) in [5.74, 6) is -2.26. The van der Waals surface area contributed by atoms with Crippen LogP contribution in [0, 0.1) is 0 Å². The molecule has 3 amide bonds. The number of sulfone groups is 1. The van der Waals surface area contributed by atoms with Crippen LogP contribution in [0.3, 0.4) is 0 Å². The lowest BCUT2D eigenvalue weighted by molar-refractivity contribution is -0.129. The molecule has 2 heterocycles. The smallest absolute Gasteiger partial charge is 0.252 e. The molecule has 10 nitrogen and oxygen atoms in total. The number of carbonyl (C=O) groups is 3. The maximum Gasteiger partial charge on any atom is 0.252 e. The van der Waals surface area contributed by atoms with Crippen molar-refractivity contribution in [2.24, 2.45) is 0 Å². The number of rotatable bonds is 7. The van der Waals surface area contributed by atoms with E-state index in [0.29, 0.717) is 11.4 Å². The Kier molecular flexibility index (Phi) is 7.79. The number of aromatic nitrogens is 1. The molecule has 2 aromatic carbocycles. The van der Waals surface area contributed by atoms with Gasteiger partial charge in [0, 0.05) is 17.8 Å². The van der Waals surface area contributed by atoms with Crippen molar-refractivity contribution in [3.8, 4) is 0 Å². The Bertz CT molecular complexity index is 1490. The molecule has 38 heavy (non-hydrogen) atoms. The number of pyridine rings is 1. The lowest BCUT2D eigenvalue weighted by Gasteiger charge is -2.32. The summed E-state index contributed by atoms with van der Waals surface area (Å²) < 4.78 is 24.1. The molecule has 11 heteroatoms. The normalized spacial score (nSPS) is 18.6. The van der Waals surface area contributed by atoms with Gasteiger partial charge in [-0.15, -0.1) is 0 Å². The van der Waals surface area contributed by atoms with Crippen LogP contribution in [0.15, 0.2) is 60.8 Å². The standard InChI is InChI=1S/C27H31N5O5S/c1-17(28-3)26(34)30-25-18(2)32(24(33)16-38(4,36)37)23-12-8-7-11-22(23)31(27(25)35)15-19-13-14-29-21-10-6-5-9-20(19)21/h5-14,17-18,25,28H,15-16H2,1-4H3,(H,30,34)/t17?,18-,25-/m0/s1. The van der Waals surface area contributed by atoms with Crippen LogP contribution >= 0.6 is 0 Å². The predicted molar refractivity (Wildman–Crippen MR) is 146 cm³/mol. The van der Waals surface area contributed by atoms with Gasteiger partial charge in [0.05, 0.1) is 35.5 Å². The highest BCUT2D eigenvalue weighted by Gasteiger charge is 2.42. The number of amides is 3. The molecule has 0 bridgehead atoms. The van der Waals surface area contributed by atoms with Gasteiger partial charge in [0.25, 0.3) is 5.91 Å². The molecule has 3 atom stereocenters. The Morgan fingerprint density at radius 1 is 1.05 bits per heavy atom. The quantitative estimate of drug-likeness (QED) is 0.469. The topological polar surface area (TPSA) is 129 Å². The van der Waals surface area contributed by atoms with Crippen molar-refractivity contribution < 1.29 is 22.8 Å². The second-order valence-corrected chi connectivity index (χ2v) is 11.6. The van der Waals surface area contributed by atoms with Gasteiger partial charge in [-0.25, -0.2) is 8.42 Å². The molecular formula is C27H31N5O5S. The van der Waals surface area contributed by atoms with E-state index >= 15 is 0 Å². The number of anilines is 2. The minimum Gasteiger partial charge on any atom is -0.341 e. The molecule has 2 N–H and O–H groups in total. The maximum atomic E-state index is 14.2. The summed E-state index contributed by atoms with van der Waals surface area (Å²) in [7, 11) is -2.04. The summed E-state index contributed by atoms with van der Waals surface area (Å²) in [6.07, 6.45) is 2.66. The average molecular weight is 538 g/mol. The van der Waals surface area contributed by atoms with Crippen molar-refractivity contribution in [3.63, 3.8) is 0 Å². The number of nitrogens with one attached hydrogen (secondary N) is 2. The zero-order valence-electron chi connectivity index (χ0n) is 21.7. The molecule has 0 radical (unpaired) electrons. The van der Waals surface area contributed by atoms with Crippen molar-refractivity contribution in [1.82, 2.24) is 15.6 Å². The fourth-order valence-electron chi connectivity index (χ4n) is 4.63. The van der Waals surface area contributed by atoms with Crippen LogP contribution in [0.5, 0.6) is 0 Å². The molecule has 1 aliphatic rings. The Morgan fingerprint density at radius 2 is 1.71 bits per heavy atom. The Labute approximate surface area is 221 Å². The van der Waals surface area contributed by atoms with Crippen molar-refractivity contribution in [1.29, 1.82) is 0 Å². The largest absolute Gasteiger partial charge is 0.341 e. The molecule has 200 valence electrons. The molecule has 1 unspecified atom stereocenters. The van der Waals surface area contributed by atoms with Gasteiger partial charge in [0.15, 0.2) is 9.84 Å². The first-order chi connectivity index (χ1) is 18.0. The number of carbonyl (C=O) groups excluding carboxylic acids is 3. The van der Waals surface area contributed by atoms with Gasteiger partial charge in [0.2, 0.25) is 11.8 Å². The third-order valence-corrected chi connectivity index (χ3v) is 7.47. The van der Waals surface area contributed by atoms with Crippen LogP contribution < -0.4 is 20.4 Å². The third kappa shape index (κ3) is 5.53. The summed E-state index contributed by atoms with van der Waals surface area (Å²) >= 11 is 0. The van der Waals surface area contributed by atoms with E-state index < -0.39 is 51.4 Å². The van der Waals surface area contributed by atoms with E-state index in [9.17, 15) is 22.8 Å². The van der Waals surface area contributed by atoms with Gasteiger partial charge in [-0.1, -0.05) is 30.3 Å². The lowest BCUT2D eigenvalue weighted by Crippen LogP contribution is -2.60. The van der Waals surface area contributed by atoms with Crippen LogP contribution in [-0.2, 0) is 30.8 Å². The molecule has 0 spiro atoms. The van der Waals surface area contributed by atoms with Crippen LogP contribution in [0.4, 0.5) is 11.4 Å². The molecule has 0 saturated heterocycles. The van der Waals surface area contributed by atoms with Gasteiger partial charge in [-0.2, -0.15) is 0 Å².